The van der Waals surface area contributed by atoms with Crippen molar-refractivity contribution in [3.63, 3.8) is 0 Å². The molecule has 1 aliphatic carbocycles. The van der Waals surface area contributed by atoms with Gasteiger partial charge in [-0.3, -0.25) is 0 Å². The Kier molecular flexibility index (Phi) is 4.72. The summed E-state index contributed by atoms with van der Waals surface area (Å²) in [6.45, 7) is 1.61. The van der Waals surface area contributed by atoms with Crippen molar-refractivity contribution in [2.75, 3.05) is 0 Å². The van der Waals surface area contributed by atoms with Crippen LogP contribution in [0.2, 0.25) is 0 Å². The summed E-state index contributed by atoms with van der Waals surface area (Å²) in [7, 11) is -3.78. The van der Waals surface area contributed by atoms with Gasteiger partial charge in [0.1, 0.15) is 17.2 Å². The van der Waals surface area contributed by atoms with E-state index < -0.39 is 15.8 Å². The number of aryl methyl sites for hydroxylation is 1. The lowest BCUT2D eigenvalue weighted by Gasteiger charge is -2.44. The first-order chi connectivity index (χ1) is 12.9. The van der Waals surface area contributed by atoms with Crippen LogP contribution in [0.4, 0.5) is 4.39 Å². The van der Waals surface area contributed by atoms with Crippen LogP contribution in [-0.4, -0.2) is 14.0 Å². The number of halogens is 1. The molecule has 1 heterocycles. The zero-order valence-corrected chi connectivity index (χ0v) is 16.2. The molecule has 1 saturated carbocycles. The maximum absolute atomic E-state index is 13.4. The van der Waals surface area contributed by atoms with E-state index in [4.69, 9.17) is 4.74 Å². The van der Waals surface area contributed by atoms with E-state index in [9.17, 15) is 12.8 Å². The molecule has 0 bridgehead atoms. The normalized spacial score (nSPS) is 21.5. The molecular weight excluding hydrogens is 365 g/mol. The number of nitrogens with one attached hydrogen (secondary N) is 1. The Morgan fingerprint density at radius 1 is 1.11 bits per heavy atom. The monoisotopic (exact) mass is 389 g/mol. The van der Waals surface area contributed by atoms with Crippen LogP contribution in [-0.2, 0) is 10.0 Å². The predicted octanol–water partition coefficient (Wildman–Crippen LogP) is 4.64. The first-order valence-electron chi connectivity index (χ1n) is 9.45. The third-order valence-corrected chi connectivity index (χ3v) is 7.32. The molecule has 1 spiro atoms. The van der Waals surface area contributed by atoms with Gasteiger partial charge < -0.3 is 4.74 Å². The second-order valence-electron chi connectivity index (χ2n) is 7.67. The van der Waals surface area contributed by atoms with Crippen LogP contribution < -0.4 is 9.46 Å². The number of para-hydroxylation sites is 1. The van der Waals surface area contributed by atoms with E-state index in [2.05, 4.69) is 4.72 Å². The molecular formula is C21H24FNO3S. The SMILES string of the molecule is Cc1cc(F)ccc1S(=O)(=O)N[C@H]1CC2(CCCCC2)Oc2ccccc21. The van der Waals surface area contributed by atoms with Crippen LogP contribution in [0.3, 0.4) is 0 Å². The molecule has 27 heavy (non-hydrogen) atoms. The Balaban J connectivity index is 1.69. The average molecular weight is 389 g/mol. The summed E-state index contributed by atoms with van der Waals surface area (Å²) < 4.78 is 48.7. The maximum atomic E-state index is 13.4. The molecule has 144 valence electrons. The highest BCUT2D eigenvalue weighted by Gasteiger charge is 2.43. The lowest BCUT2D eigenvalue weighted by Crippen LogP contribution is -2.46. The van der Waals surface area contributed by atoms with E-state index in [1.165, 1.54) is 24.6 Å². The molecule has 0 amide bonds. The van der Waals surface area contributed by atoms with Crippen LogP contribution in [0.5, 0.6) is 5.75 Å². The Labute approximate surface area is 159 Å². The van der Waals surface area contributed by atoms with Crippen molar-refractivity contribution in [2.45, 2.75) is 62.0 Å². The maximum Gasteiger partial charge on any atom is 0.241 e. The molecule has 2 aliphatic rings. The van der Waals surface area contributed by atoms with Crippen LogP contribution in [0.25, 0.3) is 0 Å². The number of hydrogen-bond acceptors (Lipinski definition) is 3. The summed E-state index contributed by atoms with van der Waals surface area (Å²) in [6.07, 6.45) is 5.88. The summed E-state index contributed by atoms with van der Waals surface area (Å²) in [5, 5.41) is 0. The largest absolute Gasteiger partial charge is 0.487 e. The first kappa shape index (κ1) is 18.4. The van der Waals surface area contributed by atoms with Crippen molar-refractivity contribution in [1.82, 2.24) is 4.72 Å². The van der Waals surface area contributed by atoms with Gasteiger partial charge in [0.05, 0.1) is 10.9 Å². The Hall–Kier alpha value is -1.92. The van der Waals surface area contributed by atoms with E-state index in [0.29, 0.717) is 12.0 Å². The lowest BCUT2D eigenvalue weighted by atomic mass is 9.77. The van der Waals surface area contributed by atoms with Crippen molar-refractivity contribution in [2.24, 2.45) is 0 Å². The van der Waals surface area contributed by atoms with E-state index in [0.717, 1.165) is 37.0 Å². The van der Waals surface area contributed by atoms with Gasteiger partial charge in [-0.25, -0.2) is 17.5 Å². The van der Waals surface area contributed by atoms with Crippen molar-refractivity contribution in [3.05, 3.63) is 59.4 Å². The quantitative estimate of drug-likeness (QED) is 0.832. The van der Waals surface area contributed by atoms with Gasteiger partial charge in [0.2, 0.25) is 10.0 Å². The summed E-state index contributed by atoms with van der Waals surface area (Å²) in [5.41, 5.74) is 0.949. The van der Waals surface area contributed by atoms with Gasteiger partial charge in [-0.15, -0.1) is 0 Å². The molecule has 0 saturated heterocycles. The number of ether oxygens (including phenoxy) is 1. The number of benzene rings is 2. The van der Waals surface area contributed by atoms with Crippen molar-refractivity contribution in [3.8, 4) is 5.75 Å². The Bertz CT molecular complexity index is 952. The van der Waals surface area contributed by atoms with Crippen molar-refractivity contribution >= 4 is 10.0 Å². The fourth-order valence-corrected chi connectivity index (χ4v) is 5.83. The highest BCUT2D eigenvalue weighted by Crippen LogP contribution is 2.46. The molecule has 1 aliphatic heterocycles. The Morgan fingerprint density at radius 2 is 1.85 bits per heavy atom. The van der Waals surface area contributed by atoms with E-state index in [1.807, 2.05) is 24.3 Å². The standard InChI is InChI=1S/C21H24FNO3S/c1-15-13-16(22)9-10-20(15)27(24,25)23-18-14-21(11-5-2-6-12-21)26-19-8-4-3-7-17(18)19/h3-4,7-10,13,18,23H,2,5-6,11-12,14H2,1H3/t18-/m0/s1. The van der Waals surface area contributed by atoms with Crippen molar-refractivity contribution in [1.29, 1.82) is 0 Å². The number of fused-ring (bicyclic) bond motifs is 1. The summed E-state index contributed by atoms with van der Waals surface area (Å²) >= 11 is 0. The molecule has 1 N–H and O–H groups in total. The molecule has 4 nitrogen and oxygen atoms in total. The highest BCUT2D eigenvalue weighted by molar-refractivity contribution is 7.89. The predicted molar refractivity (Wildman–Crippen MR) is 102 cm³/mol. The average Bonchev–Trinajstić information content (AvgIpc) is 2.61. The van der Waals surface area contributed by atoms with Gasteiger partial charge in [-0.2, -0.15) is 0 Å². The number of sulfonamides is 1. The molecule has 4 rings (SSSR count). The molecule has 6 heteroatoms. The van der Waals surface area contributed by atoms with E-state index in [1.54, 1.807) is 6.92 Å². The van der Waals surface area contributed by atoms with Crippen LogP contribution in [0, 0.1) is 12.7 Å². The minimum absolute atomic E-state index is 0.116. The fourth-order valence-electron chi connectivity index (χ4n) is 4.39. The summed E-state index contributed by atoms with van der Waals surface area (Å²) in [5.74, 6) is 0.318. The van der Waals surface area contributed by atoms with Crippen LogP contribution in [0.1, 0.15) is 55.7 Å². The van der Waals surface area contributed by atoms with Gasteiger partial charge in [0.15, 0.2) is 0 Å². The number of rotatable bonds is 3. The lowest BCUT2D eigenvalue weighted by molar-refractivity contribution is 0.0000754. The van der Waals surface area contributed by atoms with Gasteiger partial charge >= 0.3 is 0 Å². The molecule has 1 fully saturated rings. The summed E-state index contributed by atoms with van der Waals surface area (Å²) in [6, 6.07) is 11.0. The summed E-state index contributed by atoms with van der Waals surface area (Å²) in [4.78, 5) is 0.116. The molecule has 2 aromatic carbocycles. The van der Waals surface area contributed by atoms with Gasteiger partial charge in [-0.05, 0) is 62.4 Å². The van der Waals surface area contributed by atoms with Crippen LogP contribution in [0.15, 0.2) is 47.4 Å². The van der Waals surface area contributed by atoms with Crippen LogP contribution >= 0.6 is 0 Å². The van der Waals surface area contributed by atoms with E-state index in [-0.39, 0.29) is 16.5 Å². The first-order valence-corrected chi connectivity index (χ1v) is 10.9. The third kappa shape index (κ3) is 3.60. The minimum Gasteiger partial charge on any atom is -0.487 e. The smallest absolute Gasteiger partial charge is 0.241 e. The second-order valence-corrected chi connectivity index (χ2v) is 9.35. The van der Waals surface area contributed by atoms with Crippen molar-refractivity contribution < 1.29 is 17.5 Å². The van der Waals surface area contributed by atoms with E-state index >= 15 is 0 Å². The topological polar surface area (TPSA) is 55.4 Å². The zero-order valence-electron chi connectivity index (χ0n) is 15.4. The minimum atomic E-state index is -3.78. The second kappa shape index (κ2) is 6.91. The molecule has 2 aromatic rings. The highest BCUT2D eigenvalue weighted by atomic mass is 32.2. The zero-order chi connectivity index (χ0) is 19.1. The Morgan fingerprint density at radius 3 is 2.59 bits per heavy atom. The van der Waals surface area contributed by atoms with Gasteiger partial charge in [0.25, 0.3) is 0 Å². The van der Waals surface area contributed by atoms with Gasteiger partial charge in [-0.1, -0.05) is 24.6 Å². The molecule has 0 radical (unpaired) electrons. The molecule has 0 unspecified atom stereocenters. The molecule has 1 atom stereocenters. The number of hydrogen-bond donors (Lipinski definition) is 1. The fraction of sp³-hybridized carbons (Fsp3) is 0.429. The van der Waals surface area contributed by atoms with Gasteiger partial charge in [0, 0.05) is 12.0 Å². The third-order valence-electron chi connectivity index (χ3n) is 5.69. The molecule has 0 aromatic heterocycles.